The van der Waals surface area contributed by atoms with Crippen molar-refractivity contribution in [2.24, 2.45) is 0 Å². The van der Waals surface area contributed by atoms with Gasteiger partial charge in [-0.1, -0.05) is 18.2 Å². The molecule has 1 aliphatic heterocycles. The Hall–Kier alpha value is -1.47. The van der Waals surface area contributed by atoms with Gasteiger partial charge in [0.15, 0.2) is 0 Å². The molecular formula is C17H22N2O3S. The number of hydrogen-bond acceptors (Lipinski definition) is 6. The molecule has 124 valence electrons. The zero-order chi connectivity index (χ0) is 16.1. The van der Waals surface area contributed by atoms with Crippen LogP contribution in [0.25, 0.3) is 0 Å². The number of aliphatic hydroxyl groups is 1. The average molecular weight is 334 g/mol. The van der Waals surface area contributed by atoms with E-state index in [1.54, 1.807) is 11.3 Å². The number of ether oxygens (including phenoxy) is 2. The van der Waals surface area contributed by atoms with E-state index in [9.17, 15) is 5.11 Å². The van der Waals surface area contributed by atoms with Crippen molar-refractivity contribution in [2.45, 2.75) is 19.1 Å². The van der Waals surface area contributed by atoms with Crippen LogP contribution in [0.5, 0.6) is 5.75 Å². The number of aliphatic hydroxyl groups excluding tert-OH is 1. The lowest BCUT2D eigenvalue weighted by molar-refractivity contribution is -0.0460. The minimum Gasteiger partial charge on any atom is -0.491 e. The Labute approximate surface area is 140 Å². The van der Waals surface area contributed by atoms with Crippen molar-refractivity contribution >= 4 is 11.3 Å². The van der Waals surface area contributed by atoms with Crippen LogP contribution in [0.2, 0.25) is 0 Å². The molecule has 1 fully saturated rings. The van der Waals surface area contributed by atoms with Gasteiger partial charge in [-0.05, 0) is 19.1 Å². The lowest BCUT2D eigenvalue weighted by Gasteiger charge is -2.33. The maximum Gasteiger partial charge on any atom is 0.123 e. The van der Waals surface area contributed by atoms with Crippen molar-refractivity contribution in [3.05, 3.63) is 46.4 Å². The Morgan fingerprint density at radius 1 is 1.43 bits per heavy atom. The third-order valence-corrected chi connectivity index (χ3v) is 4.77. The lowest BCUT2D eigenvalue weighted by Crippen LogP contribution is -2.43. The molecule has 1 aromatic heterocycles. The van der Waals surface area contributed by atoms with Gasteiger partial charge in [0, 0.05) is 30.7 Å². The van der Waals surface area contributed by atoms with Crippen molar-refractivity contribution in [3.8, 4) is 5.75 Å². The number of thiazole rings is 1. The third kappa shape index (κ3) is 4.75. The normalized spacial score (nSPS) is 20.3. The van der Waals surface area contributed by atoms with Gasteiger partial charge in [0.05, 0.1) is 6.61 Å². The summed E-state index contributed by atoms with van der Waals surface area (Å²) in [6, 6.07) is 9.57. The van der Waals surface area contributed by atoms with Crippen molar-refractivity contribution in [3.63, 3.8) is 0 Å². The Bertz CT molecular complexity index is 605. The van der Waals surface area contributed by atoms with Gasteiger partial charge in [-0.15, -0.1) is 11.3 Å². The number of nitrogens with zero attached hydrogens (tertiary/aromatic N) is 2. The van der Waals surface area contributed by atoms with Crippen molar-refractivity contribution < 1.29 is 14.6 Å². The number of rotatable bonds is 6. The summed E-state index contributed by atoms with van der Waals surface area (Å²) >= 11 is 1.63. The predicted molar refractivity (Wildman–Crippen MR) is 89.9 cm³/mol. The fourth-order valence-corrected chi connectivity index (χ4v) is 3.43. The second kappa shape index (κ2) is 7.88. The van der Waals surface area contributed by atoms with Crippen molar-refractivity contribution in [2.75, 3.05) is 32.8 Å². The smallest absolute Gasteiger partial charge is 0.123 e. The number of benzene rings is 1. The van der Waals surface area contributed by atoms with Gasteiger partial charge in [0.25, 0.3) is 0 Å². The molecule has 6 heteroatoms. The lowest BCUT2D eigenvalue weighted by atomic mass is 10.2. The molecule has 3 rings (SSSR count). The van der Waals surface area contributed by atoms with Crippen LogP contribution in [0.4, 0.5) is 0 Å². The highest BCUT2D eigenvalue weighted by Gasteiger charge is 2.25. The van der Waals surface area contributed by atoms with E-state index in [0.29, 0.717) is 19.8 Å². The summed E-state index contributed by atoms with van der Waals surface area (Å²) in [5, 5.41) is 13.3. The molecule has 1 aliphatic rings. The third-order valence-electron chi connectivity index (χ3n) is 3.72. The zero-order valence-corrected chi connectivity index (χ0v) is 14.0. The first-order valence-corrected chi connectivity index (χ1v) is 8.70. The molecule has 0 radical (unpaired) electrons. The van der Waals surface area contributed by atoms with Crippen molar-refractivity contribution in [1.82, 2.24) is 9.88 Å². The molecule has 0 aliphatic carbocycles. The molecule has 0 spiro atoms. The summed E-state index contributed by atoms with van der Waals surface area (Å²) in [4.78, 5) is 6.72. The molecule has 0 bridgehead atoms. The summed E-state index contributed by atoms with van der Waals surface area (Å²) in [6.45, 7) is 5.11. The van der Waals surface area contributed by atoms with Gasteiger partial charge in [-0.3, -0.25) is 4.90 Å². The molecule has 23 heavy (non-hydrogen) atoms. The van der Waals surface area contributed by atoms with Crippen LogP contribution in [0.3, 0.4) is 0 Å². The van der Waals surface area contributed by atoms with E-state index in [2.05, 4.69) is 9.88 Å². The minimum atomic E-state index is -0.521. The number of morpholine rings is 1. The maximum atomic E-state index is 10.2. The second-order valence-corrected chi connectivity index (χ2v) is 6.61. The Balaban J connectivity index is 1.47. The van der Waals surface area contributed by atoms with E-state index in [1.807, 2.05) is 42.6 Å². The standard InChI is InChI=1S/C17H22N2O3S/c1-13-12-23-17(18-13)16-10-19(7-8-21-16)9-14(20)11-22-15-5-3-2-4-6-15/h2-6,12,14,16,20H,7-11H2,1H3/t14-,16-/m1/s1. The molecule has 2 aromatic rings. The van der Waals surface area contributed by atoms with Crippen LogP contribution < -0.4 is 4.74 Å². The Kier molecular flexibility index (Phi) is 5.61. The minimum absolute atomic E-state index is 0.00434. The van der Waals surface area contributed by atoms with E-state index in [1.165, 1.54) is 0 Å². The summed E-state index contributed by atoms with van der Waals surface area (Å²) in [5.41, 5.74) is 1.03. The van der Waals surface area contributed by atoms with E-state index >= 15 is 0 Å². The first-order chi connectivity index (χ1) is 11.2. The molecule has 1 aromatic carbocycles. The summed E-state index contributed by atoms with van der Waals surface area (Å²) in [7, 11) is 0. The molecule has 2 heterocycles. The first-order valence-electron chi connectivity index (χ1n) is 7.82. The average Bonchev–Trinajstić information content (AvgIpc) is 3.01. The molecule has 0 unspecified atom stereocenters. The maximum absolute atomic E-state index is 10.2. The monoisotopic (exact) mass is 334 g/mol. The zero-order valence-electron chi connectivity index (χ0n) is 13.2. The molecule has 0 amide bonds. The number of para-hydroxylation sites is 1. The Morgan fingerprint density at radius 2 is 2.26 bits per heavy atom. The summed E-state index contributed by atoms with van der Waals surface area (Å²) in [6.07, 6.45) is -0.517. The highest BCUT2D eigenvalue weighted by Crippen LogP contribution is 2.25. The van der Waals surface area contributed by atoms with Gasteiger partial charge in [-0.25, -0.2) is 4.98 Å². The second-order valence-electron chi connectivity index (χ2n) is 5.72. The van der Waals surface area contributed by atoms with Gasteiger partial charge in [-0.2, -0.15) is 0 Å². The Morgan fingerprint density at radius 3 is 3.00 bits per heavy atom. The SMILES string of the molecule is Cc1csc([C@H]2CN(C[C@@H](O)COc3ccccc3)CCO2)n1. The molecular weight excluding hydrogens is 312 g/mol. The van der Waals surface area contributed by atoms with Gasteiger partial charge in [0.1, 0.15) is 29.6 Å². The van der Waals surface area contributed by atoms with Crippen LogP contribution in [-0.2, 0) is 4.74 Å². The number of aromatic nitrogens is 1. The van der Waals surface area contributed by atoms with E-state index in [-0.39, 0.29) is 6.10 Å². The predicted octanol–water partition coefficient (Wildman–Crippen LogP) is 2.26. The quantitative estimate of drug-likeness (QED) is 0.878. The van der Waals surface area contributed by atoms with Crippen LogP contribution >= 0.6 is 11.3 Å². The van der Waals surface area contributed by atoms with E-state index in [4.69, 9.17) is 9.47 Å². The fourth-order valence-electron chi connectivity index (χ4n) is 2.60. The topological polar surface area (TPSA) is 54.8 Å². The van der Waals surface area contributed by atoms with Crippen LogP contribution in [0.1, 0.15) is 16.8 Å². The number of hydrogen-bond donors (Lipinski definition) is 1. The van der Waals surface area contributed by atoms with Crippen LogP contribution in [0.15, 0.2) is 35.7 Å². The van der Waals surface area contributed by atoms with Gasteiger partial charge >= 0.3 is 0 Å². The highest BCUT2D eigenvalue weighted by molar-refractivity contribution is 7.09. The molecule has 1 saturated heterocycles. The fraction of sp³-hybridized carbons (Fsp3) is 0.471. The molecule has 5 nitrogen and oxygen atoms in total. The first kappa shape index (κ1) is 16.4. The number of aryl methyl sites for hydroxylation is 1. The largest absolute Gasteiger partial charge is 0.491 e. The molecule has 2 atom stereocenters. The summed E-state index contributed by atoms with van der Waals surface area (Å²) < 4.78 is 11.4. The summed E-state index contributed by atoms with van der Waals surface area (Å²) in [5.74, 6) is 0.782. The molecule has 0 saturated carbocycles. The molecule has 1 N–H and O–H groups in total. The van der Waals surface area contributed by atoms with Gasteiger partial charge in [0.2, 0.25) is 0 Å². The van der Waals surface area contributed by atoms with Crippen LogP contribution in [-0.4, -0.2) is 53.9 Å². The number of β-amino-alcohol motifs (C(OH)–C–C–N with tert-alkyl or cyclic N) is 1. The van der Waals surface area contributed by atoms with E-state index < -0.39 is 6.10 Å². The van der Waals surface area contributed by atoms with Gasteiger partial charge < -0.3 is 14.6 Å². The highest BCUT2D eigenvalue weighted by atomic mass is 32.1. The van der Waals surface area contributed by atoms with Crippen molar-refractivity contribution in [1.29, 1.82) is 0 Å². The van der Waals surface area contributed by atoms with Crippen LogP contribution in [0, 0.1) is 6.92 Å². The van der Waals surface area contributed by atoms with E-state index in [0.717, 1.165) is 29.5 Å².